The maximum absolute atomic E-state index is 12.2. The van der Waals surface area contributed by atoms with Crippen molar-refractivity contribution in [2.24, 2.45) is 5.92 Å². The summed E-state index contributed by atoms with van der Waals surface area (Å²) in [5, 5.41) is 0. The fourth-order valence-electron chi connectivity index (χ4n) is 2.37. The molecule has 0 radical (unpaired) electrons. The van der Waals surface area contributed by atoms with Gasteiger partial charge < -0.3 is 18.9 Å². The van der Waals surface area contributed by atoms with Gasteiger partial charge in [-0.15, -0.1) is 0 Å². The number of benzene rings is 2. The van der Waals surface area contributed by atoms with Gasteiger partial charge in [-0.05, 0) is 67.8 Å². The smallest absolute Gasteiger partial charge is 0.343 e. The van der Waals surface area contributed by atoms with Crippen molar-refractivity contribution in [2.45, 2.75) is 33.1 Å². The number of carbonyl (C=O) groups is 2. The normalized spacial score (nSPS) is 11.4. The summed E-state index contributed by atoms with van der Waals surface area (Å²) in [5.41, 5.74) is 0.435. The minimum absolute atomic E-state index is 0.0545. The van der Waals surface area contributed by atoms with E-state index in [2.05, 4.69) is 0 Å². The average molecular weight is 400 g/mol. The Labute approximate surface area is 171 Å². The summed E-state index contributed by atoms with van der Waals surface area (Å²) in [7, 11) is 1.58. The van der Waals surface area contributed by atoms with Gasteiger partial charge in [-0.1, -0.05) is 13.8 Å². The van der Waals surface area contributed by atoms with Crippen LogP contribution in [-0.2, 0) is 9.53 Å². The number of methoxy groups -OCH3 is 1. The first-order chi connectivity index (χ1) is 14.0. The predicted molar refractivity (Wildman–Crippen MR) is 110 cm³/mol. The number of esters is 2. The van der Waals surface area contributed by atoms with E-state index in [9.17, 15) is 9.59 Å². The molecular weight excluding hydrogens is 372 g/mol. The minimum Gasteiger partial charge on any atom is -0.497 e. The van der Waals surface area contributed by atoms with Gasteiger partial charge in [0, 0.05) is 0 Å². The number of hydrogen-bond donors (Lipinski definition) is 0. The van der Waals surface area contributed by atoms with E-state index in [1.54, 1.807) is 55.6 Å². The predicted octanol–water partition coefficient (Wildman–Crippen LogP) is 4.66. The lowest BCUT2D eigenvalue weighted by molar-refractivity contribution is -0.148. The molecule has 0 aliphatic rings. The summed E-state index contributed by atoms with van der Waals surface area (Å²) in [6.45, 7) is 4.74. The maximum atomic E-state index is 12.2. The van der Waals surface area contributed by atoms with Crippen LogP contribution in [0.15, 0.2) is 48.5 Å². The fourth-order valence-corrected chi connectivity index (χ4v) is 2.37. The molecule has 0 saturated carbocycles. The van der Waals surface area contributed by atoms with E-state index >= 15 is 0 Å². The van der Waals surface area contributed by atoms with Crippen LogP contribution in [0.2, 0.25) is 0 Å². The maximum Gasteiger partial charge on any atom is 0.343 e. The van der Waals surface area contributed by atoms with Crippen molar-refractivity contribution in [3.05, 3.63) is 54.1 Å². The molecule has 2 aromatic carbocycles. The molecule has 0 aliphatic heterocycles. The number of unbranched alkanes of at least 4 members (excludes halogenated alkanes) is 1. The van der Waals surface area contributed by atoms with Crippen molar-refractivity contribution >= 4 is 11.9 Å². The molecule has 29 heavy (non-hydrogen) atoms. The Hall–Kier alpha value is -3.02. The zero-order valence-corrected chi connectivity index (χ0v) is 17.2. The molecule has 0 heterocycles. The Morgan fingerprint density at radius 3 is 2.07 bits per heavy atom. The first kappa shape index (κ1) is 22.3. The van der Waals surface area contributed by atoms with Crippen LogP contribution in [0, 0.1) is 5.92 Å². The van der Waals surface area contributed by atoms with Crippen molar-refractivity contribution in [1.29, 1.82) is 0 Å². The van der Waals surface area contributed by atoms with Crippen LogP contribution in [-0.4, -0.2) is 32.3 Å². The standard InChI is InChI=1S/C23H28O6/c1-4-17(2)22(24)28-16-6-5-15-27-20-9-7-18(8-10-20)23(25)29-21-13-11-19(26-3)12-14-21/h7-14,17H,4-6,15-16H2,1-3H3. The minimum atomic E-state index is -0.440. The van der Waals surface area contributed by atoms with Crippen LogP contribution in [0.5, 0.6) is 17.2 Å². The molecule has 0 bridgehead atoms. The number of ether oxygens (including phenoxy) is 4. The lowest BCUT2D eigenvalue weighted by atomic mass is 10.1. The third-order valence-corrected chi connectivity index (χ3v) is 4.43. The molecule has 1 unspecified atom stereocenters. The summed E-state index contributed by atoms with van der Waals surface area (Å²) >= 11 is 0. The summed E-state index contributed by atoms with van der Waals surface area (Å²) < 4.78 is 21.3. The van der Waals surface area contributed by atoms with Crippen LogP contribution in [0.25, 0.3) is 0 Å². The van der Waals surface area contributed by atoms with Gasteiger partial charge >= 0.3 is 11.9 Å². The average Bonchev–Trinajstić information content (AvgIpc) is 2.76. The van der Waals surface area contributed by atoms with Crippen LogP contribution >= 0.6 is 0 Å². The third kappa shape index (κ3) is 7.49. The van der Waals surface area contributed by atoms with Gasteiger partial charge in [0.25, 0.3) is 0 Å². The molecule has 0 aromatic heterocycles. The quantitative estimate of drug-likeness (QED) is 0.310. The molecule has 2 rings (SSSR count). The van der Waals surface area contributed by atoms with Gasteiger partial charge in [0.05, 0.1) is 31.8 Å². The molecular formula is C23H28O6. The Morgan fingerprint density at radius 2 is 1.45 bits per heavy atom. The Bertz CT molecular complexity index is 767. The number of carbonyl (C=O) groups excluding carboxylic acids is 2. The van der Waals surface area contributed by atoms with Crippen LogP contribution in [0.3, 0.4) is 0 Å². The van der Waals surface area contributed by atoms with Crippen LogP contribution in [0.1, 0.15) is 43.5 Å². The summed E-state index contributed by atoms with van der Waals surface area (Å²) in [6.07, 6.45) is 2.30. The molecule has 0 amide bonds. The molecule has 1 atom stereocenters. The van der Waals surface area contributed by atoms with E-state index in [0.717, 1.165) is 19.3 Å². The largest absolute Gasteiger partial charge is 0.497 e. The van der Waals surface area contributed by atoms with Gasteiger partial charge in [0.1, 0.15) is 17.2 Å². The van der Waals surface area contributed by atoms with Crippen molar-refractivity contribution in [1.82, 2.24) is 0 Å². The second-order valence-electron chi connectivity index (χ2n) is 6.62. The third-order valence-electron chi connectivity index (χ3n) is 4.43. The van der Waals surface area contributed by atoms with Gasteiger partial charge in [-0.2, -0.15) is 0 Å². The molecule has 0 spiro atoms. The fraction of sp³-hybridized carbons (Fsp3) is 0.391. The van der Waals surface area contributed by atoms with E-state index in [-0.39, 0.29) is 11.9 Å². The van der Waals surface area contributed by atoms with Crippen LogP contribution in [0.4, 0.5) is 0 Å². The first-order valence-electron chi connectivity index (χ1n) is 9.79. The van der Waals surface area contributed by atoms with Gasteiger partial charge in [-0.25, -0.2) is 4.79 Å². The highest BCUT2D eigenvalue weighted by atomic mass is 16.5. The van der Waals surface area contributed by atoms with Gasteiger partial charge in [0.15, 0.2) is 0 Å². The highest BCUT2D eigenvalue weighted by Gasteiger charge is 2.11. The highest BCUT2D eigenvalue weighted by Crippen LogP contribution is 2.19. The topological polar surface area (TPSA) is 71.1 Å². The van der Waals surface area contributed by atoms with Crippen molar-refractivity contribution in [3.63, 3.8) is 0 Å². The van der Waals surface area contributed by atoms with Crippen LogP contribution < -0.4 is 14.2 Å². The Balaban J connectivity index is 1.69. The van der Waals surface area contributed by atoms with Gasteiger partial charge in [-0.3, -0.25) is 4.79 Å². The van der Waals surface area contributed by atoms with Crippen molar-refractivity contribution in [2.75, 3.05) is 20.3 Å². The van der Waals surface area contributed by atoms with Gasteiger partial charge in [0.2, 0.25) is 0 Å². The van der Waals surface area contributed by atoms with E-state index in [0.29, 0.717) is 36.0 Å². The molecule has 0 N–H and O–H groups in total. The Kier molecular flexibility index (Phi) is 9.02. The first-order valence-corrected chi connectivity index (χ1v) is 9.79. The Morgan fingerprint density at radius 1 is 0.862 bits per heavy atom. The number of hydrogen-bond acceptors (Lipinski definition) is 6. The summed E-state index contributed by atoms with van der Waals surface area (Å²) in [4.78, 5) is 23.8. The molecule has 156 valence electrons. The molecule has 6 heteroatoms. The van der Waals surface area contributed by atoms with E-state index < -0.39 is 5.97 Å². The number of rotatable bonds is 11. The zero-order valence-electron chi connectivity index (χ0n) is 17.2. The SMILES string of the molecule is CCC(C)C(=O)OCCCCOc1ccc(C(=O)Oc2ccc(OC)cc2)cc1. The molecule has 0 fully saturated rings. The van der Waals surface area contributed by atoms with E-state index in [1.807, 2.05) is 13.8 Å². The lowest BCUT2D eigenvalue weighted by Gasteiger charge is -2.10. The monoisotopic (exact) mass is 400 g/mol. The highest BCUT2D eigenvalue weighted by molar-refractivity contribution is 5.91. The second kappa shape index (κ2) is 11.7. The van der Waals surface area contributed by atoms with E-state index in [1.165, 1.54) is 0 Å². The lowest BCUT2D eigenvalue weighted by Crippen LogP contribution is -2.15. The molecule has 0 saturated heterocycles. The summed E-state index contributed by atoms with van der Waals surface area (Å²) in [5.74, 6) is 1.17. The summed E-state index contributed by atoms with van der Waals surface area (Å²) in [6, 6.07) is 13.6. The van der Waals surface area contributed by atoms with E-state index in [4.69, 9.17) is 18.9 Å². The van der Waals surface area contributed by atoms with Crippen molar-refractivity contribution in [3.8, 4) is 17.2 Å². The molecule has 2 aromatic rings. The second-order valence-corrected chi connectivity index (χ2v) is 6.62. The molecule has 0 aliphatic carbocycles. The molecule has 6 nitrogen and oxygen atoms in total. The zero-order chi connectivity index (χ0) is 21.1. The van der Waals surface area contributed by atoms with Crippen molar-refractivity contribution < 1.29 is 28.5 Å².